The lowest BCUT2D eigenvalue weighted by Crippen LogP contribution is -2.25. The summed E-state index contributed by atoms with van der Waals surface area (Å²) in [4.78, 5) is 0. The lowest BCUT2D eigenvalue weighted by Gasteiger charge is -2.10. The Kier molecular flexibility index (Phi) is 30.0. The zero-order valence-electron chi connectivity index (χ0n) is 39.8. The Morgan fingerprint density at radius 3 is 0.583 bits per heavy atom. The Balaban J connectivity index is 1.94. The third-order valence-electron chi connectivity index (χ3n) is 12.8. The Morgan fingerprint density at radius 1 is 0.233 bits per heavy atom. The highest BCUT2D eigenvalue weighted by molar-refractivity contribution is 5.40. The molecule has 328 valence electrons. The molecule has 0 aliphatic heterocycles. The molecule has 0 atom stereocenters. The van der Waals surface area contributed by atoms with Crippen LogP contribution in [0.1, 0.15) is 255 Å². The van der Waals surface area contributed by atoms with Crippen molar-refractivity contribution >= 4 is 22.9 Å². The van der Waals surface area contributed by atoms with Gasteiger partial charge in [-0.1, -0.05) is 230 Å². The summed E-state index contributed by atoms with van der Waals surface area (Å²) in [5.41, 5.74) is 33.0. The molecular formula is C60H88. The monoisotopic (exact) mass is 809 g/mol. The highest BCUT2D eigenvalue weighted by atomic mass is 14.1. The molecule has 0 unspecified atom stereocenters. The van der Waals surface area contributed by atoms with Crippen LogP contribution in [0.25, 0.3) is 22.9 Å². The van der Waals surface area contributed by atoms with E-state index in [2.05, 4.69) is 97.8 Å². The summed E-state index contributed by atoms with van der Waals surface area (Å²) in [6.45, 7) is 9.21. The highest BCUT2D eigenvalue weighted by Crippen LogP contribution is 2.18. The van der Waals surface area contributed by atoms with Crippen molar-refractivity contribution in [2.75, 3.05) is 0 Å². The summed E-state index contributed by atoms with van der Waals surface area (Å²) < 4.78 is 0. The Hall–Kier alpha value is -3.32. The van der Waals surface area contributed by atoms with Gasteiger partial charge in [0.25, 0.3) is 0 Å². The molecule has 0 fully saturated rings. The normalized spacial score (nSPS) is 11.4. The zero-order chi connectivity index (χ0) is 42.6. The maximum absolute atomic E-state index is 3.48. The van der Waals surface area contributed by atoms with Gasteiger partial charge in [0.05, 0.1) is 0 Å². The average molecular weight is 809 g/mol. The van der Waals surface area contributed by atoms with E-state index in [1.807, 2.05) is 0 Å². The molecule has 0 heterocycles. The fourth-order valence-electron chi connectivity index (χ4n) is 8.91. The molecule has 60 heavy (non-hydrogen) atoms. The molecule has 3 rings (SSSR count). The maximum Gasteiger partial charge on any atom is 0.0415 e. The largest absolute Gasteiger partial charge is 0.0654 e. The van der Waals surface area contributed by atoms with E-state index in [1.54, 1.807) is 0 Å². The topological polar surface area (TPSA) is 0 Å². The molecule has 0 radical (unpaired) electrons. The van der Waals surface area contributed by atoms with E-state index in [4.69, 9.17) is 0 Å². The first-order valence-corrected chi connectivity index (χ1v) is 26.1. The van der Waals surface area contributed by atoms with E-state index in [1.165, 1.54) is 228 Å². The number of hydrogen-bond acceptors (Lipinski definition) is 0. The van der Waals surface area contributed by atoms with Crippen molar-refractivity contribution in [2.24, 2.45) is 0 Å². The number of unbranched alkanes of at least 4 members (excludes halogenated alkanes) is 28. The number of benzene rings is 2. The zero-order valence-corrected chi connectivity index (χ0v) is 39.8. The Bertz CT molecular complexity index is 1670. The third-order valence-corrected chi connectivity index (χ3v) is 12.8. The summed E-state index contributed by atoms with van der Waals surface area (Å²) in [7, 11) is 0. The quantitative estimate of drug-likeness (QED) is 0.0405. The van der Waals surface area contributed by atoms with Crippen molar-refractivity contribution in [1.29, 1.82) is 0 Å². The van der Waals surface area contributed by atoms with Gasteiger partial charge >= 0.3 is 0 Å². The minimum atomic E-state index is 1.02. The third kappa shape index (κ3) is 23.0. The van der Waals surface area contributed by atoms with E-state index in [-0.39, 0.29) is 0 Å². The molecule has 1 aliphatic carbocycles. The number of hydrogen-bond donors (Lipinski definition) is 0. The van der Waals surface area contributed by atoms with Crippen molar-refractivity contribution in [3.63, 3.8) is 0 Å². The second-order valence-electron chi connectivity index (χ2n) is 18.2. The van der Waals surface area contributed by atoms with Gasteiger partial charge in [-0.3, -0.25) is 0 Å². The predicted octanol–water partition coefficient (Wildman–Crippen LogP) is 15.4. The average Bonchev–Trinajstić information content (AvgIpc) is 3.25. The first kappa shape index (κ1) is 51.0. The van der Waals surface area contributed by atoms with Crippen molar-refractivity contribution in [1.82, 2.24) is 0 Å². The first-order valence-electron chi connectivity index (χ1n) is 26.1. The predicted molar refractivity (Wildman–Crippen MR) is 264 cm³/mol. The second kappa shape index (κ2) is 35.3. The Morgan fingerprint density at radius 2 is 0.400 bits per heavy atom. The summed E-state index contributed by atoms with van der Waals surface area (Å²) in [6, 6.07) is 9.47. The van der Waals surface area contributed by atoms with Gasteiger partial charge in [-0.25, -0.2) is 0 Å². The minimum Gasteiger partial charge on any atom is -0.0654 e. The molecule has 0 saturated carbocycles. The number of aryl methyl sites for hydroxylation is 4. The minimum absolute atomic E-state index is 1.02. The van der Waals surface area contributed by atoms with Crippen LogP contribution in [-0.4, -0.2) is 0 Å². The van der Waals surface area contributed by atoms with Crippen LogP contribution in [0.4, 0.5) is 0 Å². The molecule has 0 spiro atoms. The van der Waals surface area contributed by atoms with Crippen LogP contribution in [0.2, 0.25) is 0 Å². The van der Waals surface area contributed by atoms with Crippen molar-refractivity contribution < 1.29 is 0 Å². The standard InChI is InChI=1S/C60H88/c1-5-9-13-17-21-25-29-33-41-53-49-57-45-37-38-47-59-51-55(43-35-31-27-23-19-15-11-7-3)56(44-36-32-28-24-20-16-12-8-4)52-60(59)48-40-39-46-58(57)50-54(53)42-34-30-26-22-18-14-10-6-2/h49-52H,5-36,41-44H2,1-4H3. The molecule has 0 N–H and O–H groups in total. The van der Waals surface area contributed by atoms with E-state index in [0.29, 0.717) is 0 Å². The van der Waals surface area contributed by atoms with E-state index in [9.17, 15) is 0 Å². The SMILES string of the molecule is CCCCCCCCCCc1cc2c(cc1CCCCCCCCCC)=C=C=C=C=c1cc(CCCCCCCCCC)c(CCCCCCCCCC)cc1=C=C=C=C=2. The molecule has 0 saturated heterocycles. The van der Waals surface area contributed by atoms with Gasteiger partial charge in [-0.15, -0.1) is 0 Å². The first-order chi connectivity index (χ1) is 29.7. The van der Waals surface area contributed by atoms with Crippen LogP contribution in [0.15, 0.2) is 47.2 Å². The summed E-state index contributed by atoms with van der Waals surface area (Å²) in [5.74, 6) is 0. The van der Waals surface area contributed by atoms with Crippen LogP contribution >= 0.6 is 0 Å². The van der Waals surface area contributed by atoms with Crippen LogP contribution in [0.3, 0.4) is 0 Å². The van der Waals surface area contributed by atoms with E-state index in [0.717, 1.165) is 46.6 Å². The van der Waals surface area contributed by atoms with Gasteiger partial charge in [0.2, 0.25) is 0 Å². The van der Waals surface area contributed by atoms with Gasteiger partial charge < -0.3 is 0 Å². The summed E-state index contributed by atoms with van der Waals surface area (Å²) >= 11 is 0. The van der Waals surface area contributed by atoms with Gasteiger partial charge in [-0.2, -0.15) is 0 Å². The van der Waals surface area contributed by atoms with Crippen molar-refractivity contribution in [2.45, 2.75) is 259 Å². The van der Waals surface area contributed by atoms with Crippen LogP contribution in [0, 0.1) is 0 Å². The summed E-state index contributed by atoms with van der Waals surface area (Å²) in [6.07, 6.45) is 47.6. The van der Waals surface area contributed by atoms with Crippen LogP contribution in [-0.2, 0) is 25.7 Å². The smallest absolute Gasteiger partial charge is 0.0415 e. The fraction of sp³-hybridized carbons (Fsp3) is 0.667. The van der Waals surface area contributed by atoms with E-state index < -0.39 is 0 Å². The van der Waals surface area contributed by atoms with Gasteiger partial charge in [0, 0.05) is 20.9 Å². The van der Waals surface area contributed by atoms with E-state index >= 15 is 0 Å². The van der Waals surface area contributed by atoms with Gasteiger partial charge in [0.15, 0.2) is 0 Å². The molecular weight excluding hydrogens is 721 g/mol. The molecule has 0 aromatic heterocycles. The highest BCUT2D eigenvalue weighted by Gasteiger charge is 2.07. The number of rotatable bonds is 36. The molecule has 1 aliphatic rings. The Labute approximate surface area is 370 Å². The maximum atomic E-state index is 3.48. The fourth-order valence-corrected chi connectivity index (χ4v) is 8.91. The second-order valence-corrected chi connectivity index (χ2v) is 18.2. The molecule has 2 aromatic rings. The van der Waals surface area contributed by atoms with Crippen LogP contribution < -0.4 is 20.9 Å². The van der Waals surface area contributed by atoms with Gasteiger partial charge in [-0.05, 0) is 121 Å². The number of fused-ring (bicyclic) bond motifs is 2. The summed E-state index contributed by atoms with van der Waals surface area (Å²) in [5, 5.41) is 4.07. The molecule has 0 bridgehead atoms. The van der Waals surface area contributed by atoms with Crippen molar-refractivity contribution in [3.05, 3.63) is 90.3 Å². The lowest BCUT2D eigenvalue weighted by molar-refractivity contribution is 0.570. The molecule has 0 amide bonds. The lowest BCUT2D eigenvalue weighted by atomic mass is 9.94. The molecule has 0 heteroatoms. The van der Waals surface area contributed by atoms with Gasteiger partial charge in [0.1, 0.15) is 0 Å². The van der Waals surface area contributed by atoms with Crippen LogP contribution in [0.5, 0.6) is 0 Å². The van der Waals surface area contributed by atoms with Crippen molar-refractivity contribution in [3.8, 4) is 0 Å². The molecule has 2 aromatic carbocycles. The molecule has 0 nitrogen and oxygen atoms in total.